The number of oxazole rings is 1. The van der Waals surface area contributed by atoms with E-state index in [4.69, 9.17) is 16.0 Å². The third-order valence-corrected chi connectivity index (χ3v) is 5.11. The van der Waals surface area contributed by atoms with Crippen LogP contribution in [0.2, 0.25) is 5.02 Å². The number of carbonyl (C=O) groups is 1. The zero-order valence-electron chi connectivity index (χ0n) is 14.2. The molecule has 0 spiro atoms. The number of carbonyl (C=O) groups excluding carboxylic acids is 1. The Morgan fingerprint density at radius 2 is 2.00 bits per heavy atom. The molecule has 8 heteroatoms. The van der Waals surface area contributed by atoms with Crippen molar-refractivity contribution < 1.29 is 18.0 Å². The fourth-order valence-electron chi connectivity index (χ4n) is 2.21. The van der Waals surface area contributed by atoms with E-state index in [9.17, 15) is 13.6 Å². The molecule has 0 aliphatic rings. The topological polar surface area (TPSA) is 55.1 Å². The number of aromatic nitrogens is 1. The van der Waals surface area contributed by atoms with Crippen molar-refractivity contribution in [3.63, 3.8) is 0 Å². The Kier molecular flexibility index (Phi) is 6.13. The molecule has 140 valence electrons. The van der Waals surface area contributed by atoms with Crippen molar-refractivity contribution in [2.24, 2.45) is 0 Å². The van der Waals surface area contributed by atoms with Gasteiger partial charge < -0.3 is 9.73 Å². The molecule has 1 atom stereocenters. The molecule has 0 unspecified atom stereocenters. The van der Waals surface area contributed by atoms with E-state index >= 15 is 0 Å². The monoisotopic (exact) mass is 408 g/mol. The molecule has 3 rings (SSSR count). The molecular weight excluding hydrogens is 394 g/mol. The normalized spacial score (nSPS) is 12.0. The highest BCUT2D eigenvalue weighted by Gasteiger charge is 2.17. The van der Waals surface area contributed by atoms with Gasteiger partial charge in [0.25, 0.3) is 0 Å². The summed E-state index contributed by atoms with van der Waals surface area (Å²) >= 11 is 7.18. The molecule has 27 heavy (non-hydrogen) atoms. The average molecular weight is 409 g/mol. The zero-order chi connectivity index (χ0) is 19.4. The van der Waals surface area contributed by atoms with Crippen LogP contribution in [-0.2, 0) is 10.5 Å². The largest absolute Gasteiger partial charge is 0.444 e. The van der Waals surface area contributed by atoms with E-state index in [0.29, 0.717) is 22.4 Å². The van der Waals surface area contributed by atoms with Gasteiger partial charge in [-0.3, -0.25) is 4.79 Å². The van der Waals surface area contributed by atoms with E-state index in [0.717, 1.165) is 17.7 Å². The first kappa shape index (κ1) is 19.4. The fraction of sp³-hybridized carbons (Fsp3) is 0.158. The van der Waals surface area contributed by atoms with Gasteiger partial charge in [-0.2, -0.15) is 0 Å². The first-order chi connectivity index (χ1) is 12.9. The van der Waals surface area contributed by atoms with Crippen molar-refractivity contribution in [2.75, 3.05) is 5.32 Å². The summed E-state index contributed by atoms with van der Waals surface area (Å²) in [6.45, 7) is 1.70. The molecule has 1 aromatic heterocycles. The molecule has 1 N–H and O–H groups in total. The number of halogens is 3. The summed E-state index contributed by atoms with van der Waals surface area (Å²) in [5.41, 5.74) is 1.42. The van der Waals surface area contributed by atoms with Crippen molar-refractivity contribution in [2.45, 2.75) is 17.9 Å². The SMILES string of the molecule is C[C@H](SCc1coc(-c2ccc(Cl)cc2)n1)C(=O)Nc1ccc(F)cc1F. The fourth-order valence-corrected chi connectivity index (χ4v) is 3.10. The number of rotatable bonds is 6. The van der Waals surface area contributed by atoms with Gasteiger partial charge in [-0.05, 0) is 43.3 Å². The maximum absolute atomic E-state index is 13.6. The van der Waals surface area contributed by atoms with Gasteiger partial charge in [-0.1, -0.05) is 11.6 Å². The summed E-state index contributed by atoms with van der Waals surface area (Å²) in [5, 5.41) is 2.61. The van der Waals surface area contributed by atoms with Crippen LogP contribution in [0.25, 0.3) is 11.5 Å². The van der Waals surface area contributed by atoms with Gasteiger partial charge >= 0.3 is 0 Å². The van der Waals surface area contributed by atoms with Crippen molar-refractivity contribution in [1.29, 1.82) is 0 Å². The lowest BCUT2D eigenvalue weighted by atomic mass is 10.2. The Labute approximate surface area is 163 Å². The van der Waals surface area contributed by atoms with Crippen LogP contribution in [0, 0.1) is 11.6 Å². The summed E-state index contributed by atoms with van der Waals surface area (Å²) in [7, 11) is 0. The minimum absolute atomic E-state index is 0.0553. The molecule has 0 fully saturated rings. The molecule has 0 aliphatic heterocycles. The molecule has 2 aromatic carbocycles. The van der Waals surface area contributed by atoms with Crippen molar-refractivity contribution in [3.05, 3.63) is 71.1 Å². The van der Waals surface area contributed by atoms with Gasteiger partial charge in [-0.25, -0.2) is 13.8 Å². The van der Waals surface area contributed by atoms with Crippen LogP contribution in [0.15, 0.2) is 53.1 Å². The smallest absolute Gasteiger partial charge is 0.237 e. The van der Waals surface area contributed by atoms with Crippen LogP contribution in [0.3, 0.4) is 0 Å². The van der Waals surface area contributed by atoms with Crippen LogP contribution < -0.4 is 5.32 Å². The maximum Gasteiger partial charge on any atom is 0.237 e. The summed E-state index contributed by atoms with van der Waals surface area (Å²) < 4.78 is 32.0. The second-order valence-electron chi connectivity index (χ2n) is 5.72. The highest BCUT2D eigenvalue weighted by molar-refractivity contribution is 7.99. The second kappa shape index (κ2) is 8.54. The van der Waals surface area contributed by atoms with Crippen LogP contribution in [0.5, 0.6) is 0 Å². The first-order valence-corrected chi connectivity index (χ1v) is 9.43. The third kappa shape index (κ3) is 5.08. The molecule has 3 aromatic rings. The lowest BCUT2D eigenvalue weighted by molar-refractivity contribution is -0.115. The number of hydrogen-bond acceptors (Lipinski definition) is 4. The van der Waals surface area contributed by atoms with E-state index in [1.54, 1.807) is 31.2 Å². The molecular formula is C19H15ClF2N2O2S. The third-order valence-electron chi connectivity index (χ3n) is 3.68. The van der Waals surface area contributed by atoms with Gasteiger partial charge in [0.05, 0.1) is 16.6 Å². The molecule has 0 aliphatic carbocycles. The number of nitrogens with one attached hydrogen (secondary N) is 1. The summed E-state index contributed by atoms with van der Waals surface area (Å²) in [6, 6.07) is 10.1. The Bertz CT molecular complexity index is 947. The van der Waals surface area contributed by atoms with E-state index in [2.05, 4.69) is 10.3 Å². The Morgan fingerprint density at radius 1 is 1.26 bits per heavy atom. The average Bonchev–Trinajstić information content (AvgIpc) is 3.11. The first-order valence-electron chi connectivity index (χ1n) is 8.00. The van der Waals surface area contributed by atoms with Crippen LogP contribution in [0.1, 0.15) is 12.6 Å². The minimum Gasteiger partial charge on any atom is -0.444 e. The summed E-state index contributed by atoms with van der Waals surface area (Å²) in [5.74, 6) is -0.989. The molecule has 4 nitrogen and oxygen atoms in total. The van der Waals surface area contributed by atoms with Gasteiger partial charge in [0.1, 0.15) is 17.9 Å². The molecule has 0 radical (unpaired) electrons. The predicted octanol–water partition coefficient (Wildman–Crippen LogP) is 5.53. The Morgan fingerprint density at radius 3 is 2.70 bits per heavy atom. The molecule has 0 bridgehead atoms. The number of benzene rings is 2. The van der Waals surface area contributed by atoms with Crippen LogP contribution >= 0.6 is 23.4 Å². The zero-order valence-corrected chi connectivity index (χ0v) is 15.8. The molecule has 0 saturated heterocycles. The van der Waals surface area contributed by atoms with Crippen LogP contribution in [-0.4, -0.2) is 16.1 Å². The second-order valence-corrected chi connectivity index (χ2v) is 7.48. The lowest BCUT2D eigenvalue weighted by Crippen LogP contribution is -2.23. The van der Waals surface area contributed by atoms with Crippen molar-refractivity contribution in [1.82, 2.24) is 4.98 Å². The quantitative estimate of drug-likeness (QED) is 0.582. The van der Waals surface area contributed by atoms with Gasteiger partial charge in [0.2, 0.25) is 11.8 Å². The van der Waals surface area contributed by atoms with E-state index in [-0.39, 0.29) is 11.6 Å². The van der Waals surface area contributed by atoms with Crippen LogP contribution in [0.4, 0.5) is 14.5 Å². The van der Waals surface area contributed by atoms with Gasteiger partial charge in [0.15, 0.2) is 0 Å². The molecule has 0 saturated carbocycles. The summed E-state index contributed by atoms with van der Waals surface area (Å²) in [4.78, 5) is 16.6. The van der Waals surface area contributed by atoms with Gasteiger partial charge in [0, 0.05) is 22.4 Å². The Hall–Kier alpha value is -2.38. The molecule has 1 heterocycles. The van der Waals surface area contributed by atoms with E-state index in [1.807, 2.05) is 0 Å². The lowest BCUT2D eigenvalue weighted by Gasteiger charge is -2.11. The number of nitrogens with zero attached hydrogens (tertiary/aromatic N) is 1. The number of anilines is 1. The highest BCUT2D eigenvalue weighted by atomic mass is 35.5. The Balaban J connectivity index is 1.56. The van der Waals surface area contributed by atoms with Crippen molar-refractivity contribution >= 4 is 35.0 Å². The number of thioether (sulfide) groups is 1. The van der Waals surface area contributed by atoms with E-state index < -0.39 is 16.9 Å². The van der Waals surface area contributed by atoms with Gasteiger partial charge in [-0.15, -0.1) is 11.8 Å². The standard InChI is InChI=1S/C19H15ClF2N2O2S/c1-11(18(25)24-17-7-6-14(21)8-16(17)22)27-10-15-9-26-19(23-15)12-2-4-13(20)5-3-12/h2-9,11H,10H2,1H3,(H,24,25)/t11-/m0/s1. The maximum atomic E-state index is 13.6. The number of hydrogen-bond donors (Lipinski definition) is 1. The predicted molar refractivity (Wildman–Crippen MR) is 103 cm³/mol. The molecule has 1 amide bonds. The summed E-state index contributed by atoms with van der Waals surface area (Å²) in [6.07, 6.45) is 1.53. The minimum atomic E-state index is -0.815. The number of amides is 1. The van der Waals surface area contributed by atoms with Crippen molar-refractivity contribution in [3.8, 4) is 11.5 Å². The van der Waals surface area contributed by atoms with E-state index in [1.165, 1.54) is 24.1 Å². The highest BCUT2D eigenvalue weighted by Crippen LogP contribution is 2.24.